The van der Waals surface area contributed by atoms with Crippen molar-refractivity contribution in [1.29, 1.82) is 0 Å². The number of ether oxygens (including phenoxy) is 1. The van der Waals surface area contributed by atoms with E-state index in [1.807, 2.05) is 0 Å². The minimum atomic E-state index is -0.585. The van der Waals surface area contributed by atoms with E-state index in [2.05, 4.69) is 15.7 Å². The van der Waals surface area contributed by atoms with E-state index in [-0.39, 0.29) is 23.1 Å². The van der Waals surface area contributed by atoms with Crippen LogP contribution in [0.2, 0.25) is 5.02 Å². The lowest BCUT2D eigenvalue weighted by atomic mass is 10.1. The molecule has 0 unspecified atom stereocenters. The van der Waals surface area contributed by atoms with Gasteiger partial charge < -0.3 is 20.3 Å². The summed E-state index contributed by atoms with van der Waals surface area (Å²) in [6.07, 6.45) is 1.65. The van der Waals surface area contributed by atoms with E-state index in [0.29, 0.717) is 31.8 Å². The molecule has 0 saturated carbocycles. The predicted molar refractivity (Wildman–Crippen MR) is 131 cm³/mol. The molecule has 3 aromatic rings. The number of amides is 1. The molecule has 0 aliphatic rings. The number of rotatable bonds is 6. The van der Waals surface area contributed by atoms with Gasteiger partial charge in [-0.05, 0) is 36.8 Å². The van der Waals surface area contributed by atoms with Gasteiger partial charge in [-0.25, -0.2) is 9.18 Å². The van der Waals surface area contributed by atoms with Gasteiger partial charge in [0.05, 0.1) is 24.1 Å². The summed E-state index contributed by atoms with van der Waals surface area (Å²) < 4.78 is 20.4. The van der Waals surface area contributed by atoms with Crippen LogP contribution in [0.4, 0.5) is 15.2 Å². The first-order valence-electron chi connectivity index (χ1n) is 9.60. The molecular formula is C21H21ClFN5O3S2. The lowest BCUT2D eigenvalue weighted by Gasteiger charge is -2.09. The normalized spacial score (nSPS) is 10.6. The number of benzene rings is 1. The molecule has 33 heavy (non-hydrogen) atoms. The minimum absolute atomic E-state index is 0.139. The SMILES string of the molecule is COC(=O)c1c(NC(=S)Nc2ccn(Cc3c(F)cccc3Cl)n2)sc(C(=O)N(C)C)c1C. The third-order valence-corrected chi connectivity index (χ3v) is 6.38. The Hall–Kier alpha value is -3.02. The molecule has 12 heteroatoms. The summed E-state index contributed by atoms with van der Waals surface area (Å²) in [6, 6.07) is 6.14. The Balaban J connectivity index is 1.77. The highest BCUT2D eigenvalue weighted by Crippen LogP contribution is 2.34. The molecule has 0 atom stereocenters. The molecule has 0 spiro atoms. The first-order valence-corrected chi connectivity index (χ1v) is 11.2. The summed E-state index contributed by atoms with van der Waals surface area (Å²) in [6.45, 7) is 1.82. The van der Waals surface area contributed by atoms with E-state index < -0.39 is 11.8 Å². The molecule has 0 bridgehead atoms. The molecule has 2 heterocycles. The number of thiophene rings is 1. The molecule has 0 aliphatic heterocycles. The Kier molecular flexibility index (Phi) is 7.67. The van der Waals surface area contributed by atoms with Gasteiger partial charge >= 0.3 is 5.97 Å². The average molecular weight is 510 g/mol. The highest BCUT2D eigenvalue weighted by Gasteiger charge is 2.26. The number of anilines is 2. The summed E-state index contributed by atoms with van der Waals surface area (Å²) in [5.74, 6) is -0.841. The maximum absolute atomic E-state index is 14.0. The van der Waals surface area contributed by atoms with Gasteiger partial charge in [0, 0.05) is 36.9 Å². The standard InChI is InChI=1S/C21H21ClFN5O3S2/c1-11-16(20(30)31-4)18(33-17(11)19(29)27(2)3)25-21(32)24-15-8-9-28(26-15)10-12-13(22)6-5-7-14(12)23/h5-9H,10H2,1-4H3,(H2,24,25,26,32). The van der Waals surface area contributed by atoms with Crippen molar-refractivity contribution >= 4 is 63.0 Å². The molecule has 0 aliphatic carbocycles. The van der Waals surface area contributed by atoms with Crippen LogP contribution < -0.4 is 10.6 Å². The number of methoxy groups -OCH3 is 1. The number of halogens is 2. The third-order valence-electron chi connectivity index (χ3n) is 4.63. The van der Waals surface area contributed by atoms with Gasteiger partial charge in [-0.3, -0.25) is 9.48 Å². The topological polar surface area (TPSA) is 88.5 Å². The van der Waals surface area contributed by atoms with Gasteiger partial charge in [-0.15, -0.1) is 11.3 Å². The van der Waals surface area contributed by atoms with Crippen LogP contribution >= 0.6 is 35.2 Å². The van der Waals surface area contributed by atoms with Gasteiger partial charge in [0.25, 0.3) is 5.91 Å². The van der Waals surface area contributed by atoms with E-state index >= 15 is 0 Å². The molecule has 0 saturated heterocycles. The fourth-order valence-corrected chi connectivity index (χ4v) is 4.68. The summed E-state index contributed by atoms with van der Waals surface area (Å²) >= 11 is 12.5. The molecule has 2 N–H and O–H groups in total. The average Bonchev–Trinajstić information content (AvgIpc) is 3.33. The zero-order valence-corrected chi connectivity index (χ0v) is 20.6. The lowest BCUT2D eigenvalue weighted by molar-refractivity contribution is 0.0601. The van der Waals surface area contributed by atoms with Crippen molar-refractivity contribution in [2.24, 2.45) is 0 Å². The molecule has 0 fully saturated rings. The number of nitrogens with zero attached hydrogens (tertiary/aromatic N) is 3. The molecule has 1 amide bonds. The van der Waals surface area contributed by atoms with E-state index in [9.17, 15) is 14.0 Å². The van der Waals surface area contributed by atoms with Crippen LogP contribution in [0, 0.1) is 12.7 Å². The van der Waals surface area contributed by atoms with Crippen molar-refractivity contribution < 1.29 is 18.7 Å². The van der Waals surface area contributed by atoms with Crippen LogP contribution in [0.1, 0.15) is 31.2 Å². The summed E-state index contributed by atoms with van der Waals surface area (Å²) in [7, 11) is 4.52. The largest absolute Gasteiger partial charge is 0.465 e. The number of aromatic nitrogens is 2. The van der Waals surface area contributed by atoms with Crippen molar-refractivity contribution in [2.75, 3.05) is 31.8 Å². The third kappa shape index (κ3) is 5.49. The Morgan fingerprint density at radius 2 is 2.03 bits per heavy atom. The smallest absolute Gasteiger partial charge is 0.341 e. The van der Waals surface area contributed by atoms with Crippen LogP contribution in [0.15, 0.2) is 30.5 Å². The number of hydrogen-bond acceptors (Lipinski definition) is 6. The highest BCUT2D eigenvalue weighted by molar-refractivity contribution is 7.80. The Labute approximate surface area is 204 Å². The zero-order chi connectivity index (χ0) is 24.3. The Morgan fingerprint density at radius 1 is 1.30 bits per heavy atom. The minimum Gasteiger partial charge on any atom is -0.465 e. The summed E-state index contributed by atoms with van der Waals surface area (Å²) in [4.78, 5) is 26.6. The molecule has 8 nitrogen and oxygen atoms in total. The van der Waals surface area contributed by atoms with Gasteiger partial charge in [-0.2, -0.15) is 5.10 Å². The fourth-order valence-electron chi connectivity index (χ4n) is 2.97. The van der Waals surface area contributed by atoms with E-state index in [0.717, 1.165) is 11.3 Å². The van der Waals surface area contributed by atoms with E-state index in [1.165, 1.54) is 28.8 Å². The lowest BCUT2D eigenvalue weighted by Crippen LogP contribution is -2.21. The first-order chi connectivity index (χ1) is 15.6. The van der Waals surface area contributed by atoms with Crippen molar-refractivity contribution in [3.05, 3.63) is 62.9 Å². The van der Waals surface area contributed by atoms with E-state index in [1.54, 1.807) is 39.3 Å². The molecule has 174 valence electrons. The summed E-state index contributed by atoms with van der Waals surface area (Å²) in [5, 5.41) is 11.0. The first kappa shape index (κ1) is 24.6. The van der Waals surface area contributed by atoms with Gasteiger partial charge in [0.1, 0.15) is 10.8 Å². The van der Waals surface area contributed by atoms with Crippen molar-refractivity contribution in [3.8, 4) is 0 Å². The number of carbonyl (C=O) groups excluding carboxylic acids is 2. The molecular weight excluding hydrogens is 489 g/mol. The van der Waals surface area contributed by atoms with Crippen LogP contribution in [-0.2, 0) is 11.3 Å². The number of thiocarbonyl (C=S) groups is 1. The highest BCUT2D eigenvalue weighted by atomic mass is 35.5. The molecule has 2 aromatic heterocycles. The number of hydrogen-bond donors (Lipinski definition) is 2. The van der Waals surface area contributed by atoms with E-state index in [4.69, 9.17) is 28.6 Å². The Bertz CT molecular complexity index is 1200. The van der Waals surface area contributed by atoms with Crippen LogP contribution in [0.3, 0.4) is 0 Å². The number of carbonyl (C=O) groups is 2. The van der Waals surface area contributed by atoms with Gasteiger partial charge in [0.15, 0.2) is 10.9 Å². The maximum Gasteiger partial charge on any atom is 0.341 e. The number of esters is 1. The monoisotopic (exact) mass is 509 g/mol. The molecule has 3 rings (SSSR count). The van der Waals surface area contributed by atoms with Crippen molar-refractivity contribution in [1.82, 2.24) is 14.7 Å². The second-order valence-electron chi connectivity index (χ2n) is 7.13. The van der Waals surface area contributed by atoms with Crippen molar-refractivity contribution in [3.63, 3.8) is 0 Å². The fraction of sp³-hybridized carbons (Fsp3) is 0.238. The second kappa shape index (κ2) is 10.3. The molecule has 0 radical (unpaired) electrons. The van der Waals surface area contributed by atoms with Crippen LogP contribution in [0.5, 0.6) is 0 Å². The van der Waals surface area contributed by atoms with Crippen LogP contribution in [-0.4, -0.2) is 52.9 Å². The molecule has 1 aromatic carbocycles. The second-order valence-corrected chi connectivity index (χ2v) is 8.97. The predicted octanol–water partition coefficient (Wildman–Crippen LogP) is 4.39. The van der Waals surface area contributed by atoms with Gasteiger partial charge in [0.2, 0.25) is 0 Å². The van der Waals surface area contributed by atoms with Crippen molar-refractivity contribution in [2.45, 2.75) is 13.5 Å². The van der Waals surface area contributed by atoms with Crippen LogP contribution in [0.25, 0.3) is 0 Å². The number of nitrogens with one attached hydrogen (secondary N) is 2. The van der Waals surface area contributed by atoms with Gasteiger partial charge in [-0.1, -0.05) is 17.7 Å². The zero-order valence-electron chi connectivity index (χ0n) is 18.2. The summed E-state index contributed by atoms with van der Waals surface area (Å²) in [5.41, 5.74) is 1.06. The quantitative estimate of drug-likeness (QED) is 0.376. The Morgan fingerprint density at radius 3 is 2.67 bits per heavy atom. The maximum atomic E-state index is 14.0.